The van der Waals surface area contributed by atoms with E-state index in [-0.39, 0.29) is 5.91 Å². The Balaban J connectivity index is 1.35. The molecular formula is C31H32BrN3O2. The van der Waals surface area contributed by atoms with Crippen LogP contribution in [0.1, 0.15) is 41.3 Å². The Morgan fingerprint density at radius 3 is 2.30 bits per heavy atom. The maximum atomic E-state index is 13.8. The maximum absolute atomic E-state index is 13.8. The summed E-state index contributed by atoms with van der Waals surface area (Å²) in [5, 5.41) is 0.865. The lowest BCUT2D eigenvalue weighted by molar-refractivity contribution is 0.0630. The lowest BCUT2D eigenvalue weighted by atomic mass is 10.0. The number of hydrogen-bond donors (Lipinski definition) is 0. The third-order valence-corrected chi connectivity index (χ3v) is 7.59. The Labute approximate surface area is 227 Å². The number of ether oxygens (including phenoxy) is 1. The molecule has 0 unspecified atom stereocenters. The van der Waals surface area contributed by atoms with Crippen molar-refractivity contribution in [2.75, 3.05) is 33.3 Å². The Morgan fingerprint density at radius 2 is 1.65 bits per heavy atom. The molecule has 4 aromatic rings. The summed E-state index contributed by atoms with van der Waals surface area (Å²) in [5.41, 5.74) is 5.91. The van der Waals surface area contributed by atoms with E-state index in [2.05, 4.69) is 58.9 Å². The molecule has 1 amide bonds. The van der Waals surface area contributed by atoms with Gasteiger partial charge in [0, 0.05) is 48.1 Å². The fourth-order valence-corrected chi connectivity index (χ4v) is 5.19. The second-order valence-corrected chi connectivity index (χ2v) is 10.8. The number of rotatable bonds is 6. The first-order chi connectivity index (χ1) is 17.9. The molecule has 37 heavy (non-hydrogen) atoms. The van der Waals surface area contributed by atoms with Crippen LogP contribution in [0.15, 0.2) is 77.3 Å². The van der Waals surface area contributed by atoms with E-state index < -0.39 is 0 Å². The average molecular weight is 559 g/mol. The van der Waals surface area contributed by atoms with Crippen LogP contribution < -0.4 is 4.74 Å². The van der Waals surface area contributed by atoms with Crippen molar-refractivity contribution >= 4 is 32.7 Å². The molecule has 0 N–H and O–H groups in total. The van der Waals surface area contributed by atoms with E-state index in [4.69, 9.17) is 9.72 Å². The van der Waals surface area contributed by atoms with Gasteiger partial charge in [-0.25, -0.2) is 4.98 Å². The third kappa shape index (κ3) is 5.71. The highest BCUT2D eigenvalue weighted by molar-refractivity contribution is 9.10. The second-order valence-electron chi connectivity index (χ2n) is 9.91. The number of hydrogen-bond acceptors (Lipinski definition) is 4. The Morgan fingerprint density at radius 1 is 0.946 bits per heavy atom. The summed E-state index contributed by atoms with van der Waals surface area (Å²) >= 11 is 3.57. The van der Waals surface area contributed by atoms with Gasteiger partial charge in [0.2, 0.25) is 0 Å². The summed E-state index contributed by atoms with van der Waals surface area (Å²) in [6.45, 7) is 8.47. The molecule has 3 aromatic carbocycles. The number of carbonyl (C=O) groups excluding carboxylic acids is 1. The molecule has 1 aliphatic rings. The lowest BCUT2D eigenvalue weighted by Crippen LogP contribution is -2.48. The van der Waals surface area contributed by atoms with Gasteiger partial charge in [-0.2, -0.15) is 0 Å². The van der Waals surface area contributed by atoms with Crippen molar-refractivity contribution in [1.82, 2.24) is 14.8 Å². The molecule has 5 rings (SSSR count). The number of methoxy groups -OCH3 is 1. The van der Waals surface area contributed by atoms with Crippen LogP contribution in [-0.4, -0.2) is 54.0 Å². The van der Waals surface area contributed by atoms with Gasteiger partial charge in [-0.3, -0.25) is 9.69 Å². The van der Waals surface area contributed by atoms with Gasteiger partial charge < -0.3 is 9.64 Å². The molecule has 0 spiro atoms. The standard InChI is InChI=1S/C31H32BrN3O2/c1-21(2)23-6-4-22(5-7-23)20-34-14-16-35(17-15-34)31(36)28-19-30(24-8-11-26(37-3)12-9-24)33-29-13-10-25(32)18-27(28)29/h4-13,18-19,21H,14-17,20H2,1-3H3. The zero-order valence-electron chi connectivity index (χ0n) is 21.6. The summed E-state index contributed by atoms with van der Waals surface area (Å²) in [6, 6.07) is 24.6. The molecule has 0 atom stereocenters. The SMILES string of the molecule is COc1ccc(-c2cc(C(=O)N3CCN(Cc4ccc(C(C)C)cc4)CC3)c3cc(Br)ccc3n2)cc1. The summed E-state index contributed by atoms with van der Waals surface area (Å²) in [7, 11) is 1.65. The van der Waals surface area contributed by atoms with Gasteiger partial charge in [-0.15, -0.1) is 0 Å². The number of pyridine rings is 1. The van der Waals surface area contributed by atoms with E-state index in [0.717, 1.165) is 52.0 Å². The number of fused-ring (bicyclic) bond motifs is 1. The minimum absolute atomic E-state index is 0.0567. The summed E-state index contributed by atoms with van der Waals surface area (Å²) in [6.07, 6.45) is 0. The average Bonchev–Trinajstić information content (AvgIpc) is 2.93. The van der Waals surface area contributed by atoms with Crippen LogP contribution in [0.4, 0.5) is 0 Å². The van der Waals surface area contributed by atoms with E-state index in [9.17, 15) is 4.79 Å². The normalized spacial score (nSPS) is 14.4. The number of halogens is 1. The van der Waals surface area contributed by atoms with Crippen LogP contribution in [0.5, 0.6) is 5.75 Å². The van der Waals surface area contributed by atoms with E-state index in [1.165, 1.54) is 11.1 Å². The number of benzene rings is 3. The molecule has 2 heterocycles. The van der Waals surface area contributed by atoms with E-state index >= 15 is 0 Å². The van der Waals surface area contributed by atoms with E-state index in [0.29, 0.717) is 24.6 Å². The number of amides is 1. The molecule has 0 aliphatic carbocycles. The minimum Gasteiger partial charge on any atom is -0.497 e. The molecule has 0 bridgehead atoms. The van der Waals surface area contributed by atoms with Crippen LogP contribution in [0.2, 0.25) is 0 Å². The molecule has 1 aromatic heterocycles. The van der Waals surface area contributed by atoms with Gasteiger partial charge in [-0.05, 0) is 65.6 Å². The molecule has 0 saturated carbocycles. The molecule has 6 heteroatoms. The van der Waals surface area contributed by atoms with Crippen molar-refractivity contribution in [1.29, 1.82) is 0 Å². The number of nitrogens with zero attached hydrogens (tertiary/aromatic N) is 3. The third-order valence-electron chi connectivity index (χ3n) is 7.10. The molecular weight excluding hydrogens is 526 g/mol. The lowest BCUT2D eigenvalue weighted by Gasteiger charge is -2.35. The van der Waals surface area contributed by atoms with Gasteiger partial charge >= 0.3 is 0 Å². The molecule has 5 nitrogen and oxygen atoms in total. The smallest absolute Gasteiger partial charge is 0.254 e. The largest absolute Gasteiger partial charge is 0.497 e. The van der Waals surface area contributed by atoms with E-state index in [1.54, 1.807) is 7.11 Å². The highest BCUT2D eigenvalue weighted by atomic mass is 79.9. The maximum Gasteiger partial charge on any atom is 0.254 e. The highest BCUT2D eigenvalue weighted by Gasteiger charge is 2.24. The first kappa shape index (κ1) is 25.4. The summed E-state index contributed by atoms with van der Waals surface area (Å²) in [4.78, 5) is 23.1. The van der Waals surface area contributed by atoms with Gasteiger partial charge in [0.05, 0.1) is 23.9 Å². The van der Waals surface area contributed by atoms with Crippen molar-refractivity contribution in [3.05, 3.63) is 94.0 Å². The number of piperazine rings is 1. The Kier molecular flexibility index (Phi) is 7.58. The molecule has 0 radical (unpaired) electrons. The van der Waals surface area contributed by atoms with Gasteiger partial charge in [0.25, 0.3) is 5.91 Å². The monoisotopic (exact) mass is 557 g/mol. The van der Waals surface area contributed by atoms with Crippen LogP contribution in [0.3, 0.4) is 0 Å². The zero-order valence-corrected chi connectivity index (χ0v) is 23.2. The first-order valence-electron chi connectivity index (χ1n) is 12.8. The highest BCUT2D eigenvalue weighted by Crippen LogP contribution is 2.29. The van der Waals surface area contributed by atoms with E-state index in [1.807, 2.05) is 53.4 Å². The van der Waals surface area contributed by atoms with Gasteiger partial charge in [0.1, 0.15) is 5.75 Å². The van der Waals surface area contributed by atoms with Gasteiger partial charge in [0.15, 0.2) is 0 Å². The van der Waals surface area contributed by atoms with Crippen LogP contribution in [0.25, 0.3) is 22.2 Å². The van der Waals surface area contributed by atoms with Crippen molar-refractivity contribution in [2.45, 2.75) is 26.3 Å². The van der Waals surface area contributed by atoms with Crippen molar-refractivity contribution in [3.63, 3.8) is 0 Å². The Hall–Kier alpha value is -3.22. The zero-order chi connectivity index (χ0) is 25.9. The minimum atomic E-state index is 0.0567. The van der Waals surface area contributed by atoms with Crippen LogP contribution in [-0.2, 0) is 6.54 Å². The molecule has 1 aliphatic heterocycles. The fraction of sp³-hybridized carbons (Fsp3) is 0.290. The predicted molar refractivity (Wildman–Crippen MR) is 153 cm³/mol. The molecule has 1 saturated heterocycles. The number of aromatic nitrogens is 1. The van der Waals surface area contributed by atoms with Crippen molar-refractivity contribution < 1.29 is 9.53 Å². The summed E-state index contributed by atoms with van der Waals surface area (Å²) in [5.74, 6) is 1.39. The number of carbonyl (C=O) groups is 1. The fourth-order valence-electron chi connectivity index (χ4n) is 4.83. The summed E-state index contributed by atoms with van der Waals surface area (Å²) < 4.78 is 6.23. The van der Waals surface area contributed by atoms with Gasteiger partial charge in [-0.1, -0.05) is 54.0 Å². The van der Waals surface area contributed by atoms with Crippen molar-refractivity contribution in [2.24, 2.45) is 0 Å². The van der Waals surface area contributed by atoms with Crippen LogP contribution >= 0.6 is 15.9 Å². The van der Waals surface area contributed by atoms with Crippen molar-refractivity contribution in [3.8, 4) is 17.0 Å². The second kappa shape index (κ2) is 11.0. The van der Waals surface area contributed by atoms with Crippen LogP contribution in [0, 0.1) is 0 Å². The molecule has 1 fully saturated rings. The first-order valence-corrected chi connectivity index (χ1v) is 13.6. The molecule has 190 valence electrons. The topological polar surface area (TPSA) is 45.7 Å². The predicted octanol–water partition coefficient (Wildman–Crippen LogP) is 6.75. The Bertz CT molecular complexity index is 1390. The quantitative estimate of drug-likeness (QED) is 0.263.